The van der Waals surface area contributed by atoms with Crippen molar-refractivity contribution in [2.75, 3.05) is 25.1 Å². The van der Waals surface area contributed by atoms with Gasteiger partial charge < -0.3 is 15.4 Å². The molecule has 0 saturated heterocycles. The number of carbonyl (C=O) groups excluding carboxylic acids is 3. The van der Waals surface area contributed by atoms with Crippen molar-refractivity contribution in [3.63, 3.8) is 0 Å². The molecule has 0 aliphatic rings. The predicted octanol–water partition coefficient (Wildman–Crippen LogP) is 2.54. The number of nitrogens with one attached hydrogen (secondary N) is 2. The Bertz CT molecular complexity index is 558. The molecule has 0 unspecified atom stereocenters. The van der Waals surface area contributed by atoms with Gasteiger partial charge in [-0.25, -0.2) is 0 Å². The minimum absolute atomic E-state index is 0.0617. The summed E-state index contributed by atoms with van der Waals surface area (Å²) in [6, 6.07) is 6.73. The Morgan fingerprint density at radius 1 is 1.08 bits per heavy atom. The third kappa shape index (κ3) is 8.43. The largest absolute Gasteiger partial charge is 0.381 e. The van der Waals surface area contributed by atoms with Crippen LogP contribution in [0.5, 0.6) is 0 Å². The Morgan fingerprint density at radius 3 is 2.54 bits per heavy atom. The van der Waals surface area contributed by atoms with Crippen LogP contribution in [-0.4, -0.2) is 37.4 Å². The molecule has 1 rings (SSSR count). The molecule has 2 amide bonds. The maximum atomic E-state index is 11.9. The number of rotatable bonds is 11. The molecule has 0 fully saturated rings. The monoisotopic (exact) mass is 334 g/mol. The van der Waals surface area contributed by atoms with Crippen LogP contribution in [0.15, 0.2) is 24.3 Å². The Hall–Kier alpha value is -2.21. The third-order valence-electron chi connectivity index (χ3n) is 3.27. The maximum absolute atomic E-state index is 11.9. The van der Waals surface area contributed by atoms with Crippen LogP contribution in [0.3, 0.4) is 0 Å². The smallest absolute Gasteiger partial charge is 0.224 e. The lowest BCUT2D eigenvalue weighted by molar-refractivity contribution is -0.124. The van der Waals surface area contributed by atoms with Gasteiger partial charge >= 0.3 is 0 Å². The number of anilines is 1. The highest BCUT2D eigenvalue weighted by molar-refractivity contribution is 5.97. The summed E-state index contributed by atoms with van der Waals surface area (Å²) in [7, 11) is 0. The standard InChI is InChI=1S/C18H26N2O4/c1-3-11-24-12-5-10-19-17(22)8-9-18(23)20-16-7-4-6-15(13-16)14(2)21/h4,6-7,13H,3,5,8-12H2,1-2H3,(H,19,22)(H,20,23). The Kier molecular flexibility index (Phi) is 9.38. The van der Waals surface area contributed by atoms with Crippen LogP contribution in [0.1, 0.15) is 49.9 Å². The minimum Gasteiger partial charge on any atom is -0.381 e. The summed E-state index contributed by atoms with van der Waals surface area (Å²) in [6.45, 7) is 5.42. The highest BCUT2D eigenvalue weighted by Gasteiger charge is 2.08. The molecule has 1 aromatic rings. The number of ether oxygens (including phenoxy) is 1. The fraction of sp³-hybridized carbons (Fsp3) is 0.500. The topological polar surface area (TPSA) is 84.5 Å². The molecule has 0 aliphatic heterocycles. The van der Waals surface area contributed by atoms with Crippen LogP contribution in [0.4, 0.5) is 5.69 Å². The van der Waals surface area contributed by atoms with E-state index in [4.69, 9.17) is 4.74 Å². The van der Waals surface area contributed by atoms with Gasteiger partial charge in [-0.05, 0) is 31.9 Å². The third-order valence-corrected chi connectivity index (χ3v) is 3.27. The van der Waals surface area contributed by atoms with E-state index in [9.17, 15) is 14.4 Å². The zero-order chi connectivity index (χ0) is 17.8. The molecular weight excluding hydrogens is 308 g/mol. The van der Waals surface area contributed by atoms with E-state index in [-0.39, 0.29) is 30.4 Å². The van der Waals surface area contributed by atoms with Gasteiger partial charge in [-0.2, -0.15) is 0 Å². The molecule has 24 heavy (non-hydrogen) atoms. The molecule has 0 radical (unpaired) electrons. The normalized spacial score (nSPS) is 10.2. The zero-order valence-corrected chi connectivity index (χ0v) is 14.4. The summed E-state index contributed by atoms with van der Waals surface area (Å²) in [5.74, 6) is -0.469. The SMILES string of the molecule is CCCOCCCNC(=O)CCC(=O)Nc1cccc(C(C)=O)c1. The summed E-state index contributed by atoms with van der Waals surface area (Å²) >= 11 is 0. The number of amides is 2. The fourth-order valence-corrected chi connectivity index (χ4v) is 2.00. The van der Waals surface area contributed by atoms with Gasteiger partial charge in [0.15, 0.2) is 5.78 Å². The van der Waals surface area contributed by atoms with E-state index < -0.39 is 0 Å². The molecule has 0 aromatic heterocycles. The molecule has 0 aliphatic carbocycles. The highest BCUT2D eigenvalue weighted by atomic mass is 16.5. The molecule has 1 aromatic carbocycles. The molecule has 0 bridgehead atoms. The summed E-state index contributed by atoms with van der Waals surface area (Å²) < 4.78 is 5.32. The van der Waals surface area contributed by atoms with Crippen molar-refractivity contribution >= 4 is 23.3 Å². The van der Waals surface area contributed by atoms with Crippen LogP contribution >= 0.6 is 0 Å². The first-order valence-corrected chi connectivity index (χ1v) is 8.28. The van der Waals surface area contributed by atoms with Crippen molar-refractivity contribution in [1.29, 1.82) is 0 Å². The molecule has 0 heterocycles. The maximum Gasteiger partial charge on any atom is 0.224 e. The predicted molar refractivity (Wildman–Crippen MR) is 93.0 cm³/mol. The lowest BCUT2D eigenvalue weighted by Crippen LogP contribution is -2.26. The molecule has 6 nitrogen and oxygen atoms in total. The van der Waals surface area contributed by atoms with E-state index in [0.717, 1.165) is 19.4 Å². The second-order valence-corrected chi connectivity index (χ2v) is 5.50. The number of hydrogen-bond acceptors (Lipinski definition) is 4. The van der Waals surface area contributed by atoms with Crippen LogP contribution in [0, 0.1) is 0 Å². The van der Waals surface area contributed by atoms with Crippen molar-refractivity contribution in [3.05, 3.63) is 29.8 Å². The summed E-state index contributed by atoms with van der Waals surface area (Å²) in [4.78, 5) is 34.8. The fourth-order valence-electron chi connectivity index (χ4n) is 2.00. The molecule has 0 spiro atoms. The number of Topliss-reactive ketones (excluding diaryl/α,β-unsaturated/α-hetero) is 1. The molecule has 6 heteroatoms. The molecular formula is C18H26N2O4. The molecule has 132 valence electrons. The Labute approximate surface area is 143 Å². The van der Waals surface area contributed by atoms with Crippen molar-refractivity contribution in [3.8, 4) is 0 Å². The summed E-state index contributed by atoms with van der Waals surface area (Å²) in [5, 5.41) is 5.45. The van der Waals surface area contributed by atoms with Gasteiger partial charge in [0.05, 0.1) is 0 Å². The Morgan fingerprint density at radius 2 is 1.83 bits per heavy atom. The van der Waals surface area contributed by atoms with Gasteiger partial charge in [0, 0.05) is 43.9 Å². The summed E-state index contributed by atoms with van der Waals surface area (Å²) in [6.07, 6.45) is 1.98. The van der Waals surface area contributed by atoms with Gasteiger partial charge in [0.25, 0.3) is 0 Å². The molecule has 0 saturated carbocycles. The van der Waals surface area contributed by atoms with Crippen LogP contribution < -0.4 is 10.6 Å². The summed E-state index contributed by atoms with van der Waals surface area (Å²) in [5.41, 5.74) is 1.09. The van der Waals surface area contributed by atoms with Gasteiger partial charge in [-0.3, -0.25) is 14.4 Å². The van der Waals surface area contributed by atoms with E-state index >= 15 is 0 Å². The van der Waals surface area contributed by atoms with E-state index in [1.54, 1.807) is 24.3 Å². The van der Waals surface area contributed by atoms with Gasteiger partial charge in [-0.15, -0.1) is 0 Å². The number of hydrogen-bond donors (Lipinski definition) is 2. The zero-order valence-electron chi connectivity index (χ0n) is 14.4. The first-order valence-electron chi connectivity index (χ1n) is 8.28. The second-order valence-electron chi connectivity index (χ2n) is 5.50. The van der Waals surface area contributed by atoms with E-state index in [1.807, 2.05) is 6.92 Å². The lowest BCUT2D eigenvalue weighted by Gasteiger charge is -2.07. The van der Waals surface area contributed by atoms with Crippen molar-refractivity contribution in [2.45, 2.75) is 39.5 Å². The van der Waals surface area contributed by atoms with Crippen molar-refractivity contribution in [1.82, 2.24) is 5.32 Å². The van der Waals surface area contributed by atoms with Crippen molar-refractivity contribution in [2.24, 2.45) is 0 Å². The number of ketones is 1. The van der Waals surface area contributed by atoms with E-state index in [0.29, 0.717) is 24.4 Å². The first-order chi connectivity index (χ1) is 11.5. The Balaban J connectivity index is 2.22. The van der Waals surface area contributed by atoms with E-state index in [2.05, 4.69) is 10.6 Å². The second kappa shape index (κ2) is 11.3. The average Bonchev–Trinajstić information content (AvgIpc) is 2.56. The lowest BCUT2D eigenvalue weighted by atomic mass is 10.1. The van der Waals surface area contributed by atoms with Crippen LogP contribution in [0.2, 0.25) is 0 Å². The van der Waals surface area contributed by atoms with Crippen LogP contribution in [0.25, 0.3) is 0 Å². The van der Waals surface area contributed by atoms with Crippen molar-refractivity contribution < 1.29 is 19.1 Å². The molecule has 2 N–H and O–H groups in total. The average molecular weight is 334 g/mol. The van der Waals surface area contributed by atoms with Gasteiger partial charge in [0.2, 0.25) is 11.8 Å². The van der Waals surface area contributed by atoms with Gasteiger partial charge in [-0.1, -0.05) is 19.1 Å². The van der Waals surface area contributed by atoms with Crippen LogP contribution in [-0.2, 0) is 14.3 Å². The highest BCUT2D eigenvalue weighted by Crippen LogP contribution is 2.11. The van der Waals surface area contributed by atoms with E-state index in [1.165, 1.54) is 6.92 Å². The number of benzene rings is 1. The van der Waals surface area contributed by atoms with Gasteiger partial charge in [0.1, 0.15) is 0 Å². The first kappa shape index (κ1) is 19.8. The number of carbonyl (C=O) groups is 3. The quantitative estimate of drug-likeness (QED) is 0.481. The minimum atomic E-state index is -0.253. The molecule has 0 atom stereocenters.